The third kappa shape index (κ3) is 4.86. The van der Waals surface area contributed by atoms with Crippen LogP contribution in [0.25, 0.3) is 10.4 Å². The Labute approximate surface area is 191 Å². The van der Waals surface area contributed by atoms with Crippen molar-refractivity contribution in [2.75, 3.05) is 11.5 Å². The molecule has 3 aromatic rings. The molecule has 3 rings (SSSR count). The van der Waals surface area contributed by atoms with E-state index in [1.807, 2.05) is 17.5 Å². The fourth-order valence-corrected chi connectivity index (χ4v) is 4.53. The number of carbonyl (C=O) groups excluding carboxylic acids is 1. The van der Waals surface area contributed by atoms with Crippen LogP contribution in [0.15, 0.2) is 40.7 Å². The van der Waals surface area contributed by atoms with Crippen molar-refractivity contribution >= 4 is 58.0 Å². The topological polar surface area (TPSA) is 116 Å². The molecule has 0 radical (unpaired) electrons. The third-order valence-corrected chi connectivity index (χ3v) is 6.60. The van der Waals surface area contributed by atoms with Crippen molar-refractivity contribution in [1.82, 2.24) is 10.3 Å². The van der Waals surface area contributed by atoms with Crippen molar-refractivity contribution in [2.24, 2.45) is 0 Å². The quantitative estimate of drug-likeness (QED) is 0.494. The number of nitrogens with two attached hydrogens (primary N) is 1. The maximum atomic E-state index is 12.3. The summed E-state index contributed by atoms with van der Waals surface area (Å²) in [6.45, 7) is 0.283. The Balaban J connectivity index is 1.76. The number of nitriles is 2. The lowest BCUT2D eigenvalue weighted by molar-refractivity contribution is -0.118. The Hall–Kier alpha value is -2.75. The highest BCUT2D eigenvalue weighted by Crippen LogP contribution is 2.37. The minimum absolute atomic E-state index is 0.0260. The summed E-state index contributed by atoms with van der Waals surface area (Å²) < 4.78 is 0. The third-order valence-electron chi connectivity index (χ3n) is 4.00. The van der Waals surface area contributed by atoms with E-state index in [0.29, 0.717) is 20.6 Å². The molecule has 150 valence electrons. The number of benzene rings is 1. The average Bonchev–Trinajstić information content (AvgIpc) is 3.27. The molecular weight excluding hydrogens is 461 g/mol. The maximum absolute atomic E-state index is 12.3. The number of nitrogens with zero attached hydrogens (tertiary/aromatic N) is 3. The van der Waals surface area contributed by atoms with E-state index in [9.17, 15) is 15.3 Å². The molecule has 30 heavy (non-hydrogen) atoms. The predicted molar refractivity (Wildman–Crippen MR) is 120 cm³/mol. The van der Waals surface area contributed by atoms with Gasteiger partial charge in [-0.15, -0.1) is 11.3 Å². The van der Waals surface area contributed by atoms with E-state index in [4.69, 9.17) is 28.9 Å². The van der Waals surface area contributed by atoms with Crippen LogP contribution in [-0.4, -0.2) is 16.6 Å². The average molecular weight is 474 g/mol. The molecule has 2 aromatic heterocycles. The zero-order valence-corrected chi connectivity index (χ0v) is 18.4. The number of thiophene rings is 1. The number of hydrogen-bond donors (Lipinski definition) is 2. The molecule has 0 aliphatic carbocycles. The minimum atomic E-state index is -0.252. The van der Waals surface area contributed by atoms with Crippen molar-refractivity contribution in [3.63, 3.8) is 0 Å². The lowest BCUT2D eigenvalue weighted by atomic mass is 10.0. The van der Waals surface area contributed by atoms with Gasteiger partial charge in [0.1, 0.15) is 28.5 Å². The number of hydrogen-bond acceptors (Lipinski definition) is 7. The molecule has 0 bridgehead atoms. The number of thioether (sulfide) groups is 1. The number of carbonyl (C=O) groups is 1. The van der Waals surface area contributed by atoms with Crippen LogP contribution in [0, 0.1) is 22.7 Å². The zero-order chi connectivity index (χ0) is 21.7. The first kappa shape index (κ1) is 21.9. The molecule has 10 heteroatoms. The number of nitrogen functional groups attached to an aromatic ring is 1. The monoisotopic (exact) mass is 473 g/mol. The number of nitrogens with one attached hydrogen (secondary N) is 1. The van der Waals surface area contributed by atoms with Gasteiger partial charge in [-0.1, -0.05) is 47.1 Å². The van der Waals surface area contributed by atoms with E-state index in [2.05, 4.69) is 16.4 Å². The van der Waals surface area contributed by atoms with Crippen molar-refractivity contribution in [1.29, 1.82) is 10.5 Å². The van der Waals surface area contributed by atoms with E-state index < -0.39 is 0 Å². The molecule has 0 aliphatic rings. The first-order valence-electron chi connectivity index (χ1n) is 8.45. The summed E-state index contributed by atoms with van der Waals surface area (Å²) >= 11 is 14.3. The Morgan fingerprint density at radius 3 is 2.60 bits per heavy atom. The summed E-state index contributed by atoms with van der Waals surface area (Å²) in [6, 6.07) is 12.9. The summed E-state index contributed by atoms with van der Waals surface area (Å²) in [5, 5.41) is 25.0. The summed E-state index contributed by atoms with van der Waals surface area (Å²) in [6.07, 6.45) is 0. The van der Waals surface area contributed by atoms with Crippen LogP contribution >= 0.6 is 46.3 Å². The largest absolute Gasteiger partial charge is 0.383 e. The van der Waals surface area contributed by atoms with Crippen LogP contribution in [-0.2, 0) is 11.3 Å². The van der Waals surface area contributed by atoms with Crippen LogP contribution in [0.4, 0.5) is 5.82 Å². The Bertz CT molecular complexity index is 1180. The summed E-state index contributed by atoms with van der Waals surface area (Å²) in [7, 11) is 0. The van der Waals surface area contributed by atoms with Crippen molar-refractivity contribution in [3.8, 4) is 22.6 Å². The normalized spacial score (nSPS) is 10.3. The first-order valence-corrected chi connectivity index (χ1v) is 11.1. The van der Waals surface area contributed by atoms with Gasteiger partial charge in [0.15, 0.2) is 0 Å². The summed E-state index contributed by atoms with van der Waals surface area (Å²) in [5.41, 5.74) is 7.59. The van der Waals surface area contributed by atoms with E-state index in [1.54, 1.807) is 24.3 Å². The van der Waals surface area contributed by atoms with Gasteiger partial charge in [0.05, 0.1) is 21.4 Å². The van der Waals surface area contributed by atoms with E-state index in [0.717, 1.165) is 22.2 Å². The number of anilines is 1. The van der Waals surface area contributed by atoms with Crippen molar-refractivity contribution in [2.45, 2.75) is 11.6 Å². The second-order valence-electron chi connectivity index (χ2n) is 5.94. The van der Waals surface area contributed by atoms with Gasteiger partial charge >= 0.3 is 0 Å². The number of halogens is 2. The summed E-state index contributed by atoms with van der Waals surface area (Å²) in [5.74, 6) is -0.200. The van der Waals surface area contributed by atoms with Crippen LogP contribution in [0.1, 0.15) is 16.7 Å². The fourth-order valence-electron chi connectivity index (χ4n) is 2.60. The molecule has 0 saturated carbocycles. The van der Waals surface area contributed by atoms with E-state index in [1.165, 1.54) is 11.3 Å². The second kappa shape index (κ2) is 9.84. The molecular formula is C20H13Cl2N5OS2. The SMILES string of the molecule is N#Cc1c(N)nc(SCC(=O)NCc2ccc(Cl)c(Cl)c2)c(C#N)c1-c1cccs1. The highest BCUT2D eigenvalue weighted by molar-refractivity contribution is 8.00. The van der Waals surface area contributed by atoms with Crippen LogP contribution in [0.3, 0.4) is 0 Å². The molecule has 0 spiro atoms. The lowest BCUT2D eigenvalue weighted by Gasteiger charge is -2.11. The van der Waals surface area contributed by atoms with Crippen LogP contribution in [0.5, 0.6) is 0 Å². The maximum Gasteiger partial charge on any atom is 0.230 e. The minimum Gasteiger partial charge on any atom is -0.383 e. The smallest absolute Gasteiger partial charge is 0.230 e. The molecule has 1 aromatic carbocycles. The molecule has 0 atom stereocenters. The molecule has 0 saturated heterocycles. The highest BCUT2D eigenvalue weighted by atomic mass is 35.5. The van der Waals surface area contributed by atoms with Crippen LogP contribution in [0.2, 0.25) is 10.0 Å². The Morgan fingerprint density at radius 1 is 1.20 bits per heavy atom. The molecule has 6 nitrogen and oxygen atoms in total. The second-order valence-corrected chi connectivity index (χ2v) is 8.67. The van der Waals surface area contributed by atoms with E-state index >= 15 is 0 Å². The fraction of sp³-hybridized carbons (Fsp3) is 0.100. The standard InChI is InChI=1S/C20H13Cl2N5OS2/c21-14-4-3-11(6-15(14)22)9-26-17(28)10-30-20-13(8-24)18(16-2-1-5-29-16)12(7-23)19(25)27-20/h1-6H,9-10H2,(H2,25,27)(H,26,28). The lowest BCUT2D eigenvalue weighted by Crippen LogP contribution is -2.24. The van der Waals surface area contributed by atoms with Gasteiger partial charge in [-0.2, -0.15) is 10.5 Å². The number of aromatic nitrogens is 1. The molecule has 0 unspecified atom stereocenters. The van der Waals surface area contributed by atoms with Crippen molar-refractivity contribution in [3.05, 3.63) is 62.4 Å². The molecule has 1 amide bonds. The predicted octanol–water partition coefficient (Wildman–Crippen LogP) is 4.85. The van der Waals surface area contributed by atoms with E-state index in [-0.39, 0.29) is 35.1 Å². The molecule has 0 aliphatic heterocycles. The van der Waals surface area contributed by atoms with Crippen LogP contribution < -0.4 is 11.1 Å². The van der Waals surface area contributed by atoms with Gasteiger partial charge in [-0.25, -0.2) is 4.98 Å². The zero-order valence-electron chi connectivity index (χ0n) is 15.3. The number of rotatable bonds is 6. The van der Waals surface area contributed by atoms with Crippen molar-refractivity contribution < 1.29 is 4.79 Å². The number of pyridine rings is 1. The van der Waals surface area contributed by atoms with Gasteiger partial charge in [0.25, 0.3) is 0 Å². The molecule has 0 fully saturated rings. The Morgan fingerprint density at radius 2 is 1.97 bits per heavy atom. The highest BCUT2D eigenvalue weighted by Gasteiger charge is 2.21. The van der Waals surface area contributed by atoms with Gasteiger partial charge < -0.3 is 11.1 Å². The summed E-state index contributed by atoms with van der Waals surface area (Å²) in [4.78, 5) is 17.2. The van der Waals surface area contributed by atoms with Gasteiger partial charge in [-0.05, 0) is 29.1 Å². The number of amides is 1. The molecule has 3 N–H and O–H groups in total. The van der Waals surface area contributed by atoms with Gasteiger partial charge in [-0.3, -0.25) is 4.79 Å². The first-order chi connectivity index (χ1) is 14.4. The van der Waals surface area contributed by atoms with Gasteiger partial charge in [0.2, 0.25) is 5.91 Å². The Kier molecular flexibility index (Phi) is 7.20. The van der Waals surface area contributed by atoms with Gasteiger partial charge in [0, 0.05) is 17.0 Å². The molecule has 2 heterocycles.